The summed E-state index contributed by atoms with van der Waals surface area (Å²) < 4.78 is 58.4. The van der Waals surface area contributed by atoms with E-state index in [1.54, 1.807) is 18.2 Å². The maximum Gasteiger partial charge on any atom is 0.573 e. The highest BCUT2D eigenvalue weighted by Gasteiger charge is 2.32. The Labute approximate surface area is 210 Å². The summed E-state index contributed by atoms with van der Waals surface area (Å²) in [7, 11) is 4.25. The van der Waals surface area contributed by atoms with E-state index in [4.69, 9.17) is 14.2 Å². The van der Waals surface area contributed by atoms with Gasteiger partial charge in [-0.1, -0.05) is 30.3 Å². The largest absolute Gasteiger partial charge is 0.573 e. The minimum Gasteiger partial charge on any atom is -0.493 e. The number of benzene rings is 3. The number of anilines is 1. The van der Waals surface area contributed by atoms with Crippen LogP contribution in [0.4, 0.5) is 18.9 Å². The average molecular weight is 516 g/mol. The Morgan fingerprint density at radius 3 is 1.97 bits per heavy atom. The molecule has 0 unspecified atom stereocenters. The number of carbonyl (C=O) groups is 2. The van der Waals surface area contributed by atoms with Gasteiger partial charge >= 0.3 is 6.36 Å². The molecule has 0 fully saturated rings. The van der Waals surface area contributed by atoms with Gasteiger partial charge in [-0.05, 0) is 48.0 Å². The maximum atomic E-state index is 13.2. The summed E-state index contributed by atoms with van der Waals surface area (Å²) in [6.45, 7) is 0. The summed E-state index contributed by atoms with van der Waals surface area (Å²) in [6, 6.07) is 16.2. The fourth-order valence-corrected chi connectivity index (χ4v) is 3.27. The van der Waals surface area contributed by atoms with E-state index >= 15 is 0 Å². The summed E-state index contributed by atoms with van der Waals surface area (Å²) in [5, 5.41) is 4.86. The fraction of sp³-hybridized carbons (Fsp3) is 0.154. The molecule has 8 nitrogen and oxygen atoms in total. The number of methoxy groups -OCH3 is 3. The van der Waals surface area contributed by atoms with Crippen LogP contribution >= 0.6 is 0 Å². The Balaban J connectivity index is 2.03. The second-order valence-electron chi connectivity index (χ2n) is 7.33. The standard InChI is InChI=1S/C26H23F3N2O6/c1-34-21-14-16(15-22(35-2)23(21)36-3)13-19(31-24(32)17-9-5-4-6-10-17)25(33)30-18-11-7-8-12-20(18)37-26(27,28)29/h4-15H,1-3H3,(H,30,33)(H,31,32). The van der Waals surface area contributed by atoms with Crippen LogP contribution in [0.3, 0.4) is 0 Å². The highest BCUT2D eigenvalue weighted by molar-refractivity contribution is 6.11. The summed E-state index contributed by atoms with van der Waals surface area (Å²) in [5.74, 6) is -1.27. The monoisotopic (exact) mass is 516 g/mol. The number of hydrogen-bond donors (Lipinski definition) is 2. The first-order valence-electron chi connectivity index (χ1n) is 10.7. The minimum atomic E-state index is -4.97. The first-order valence-corrected chi connectivity index (χ1v) is 10.7. The van der Waals surface area contributed by atoms with E-state index in [2.05, 4.69) is 15.4 Å². The van der Waals surface area contributed by atoms with E-state index < -0.39 is 23.9 Å². The Bertz CT molecular complexity index is 1270. The molecular weight excluding hydrogens is 493 g/mol. The van der Waals surface area contributed by atoms with Crippen LogP contribution in [0.25, 0.3) is 6.08 Å². The van der Waals surface area contributed by atoms with E-state index in [-0.39, 0.29) is 28.4 Å². The van der Waals surface area contributed by atoms with Crippen molar-refractivity contribution in [3.63, 3.8) is 0 Å². The van der Waals surface area contributed by atoms with Crippen molar-refractivity contribution in [3.8, 4) is 23.0 Å². The van der Waals surface area contributed by atoms with Crippen molar-refractivity contribution in [2.24, 2.45) is 0 Å². The fourth-order valence-electron chi connectivity index (χ4n) is 3.27. The van der Waals surface area contributed by atoms with Gasteiger partial charge in [-0.25, -0.2) is 0 Å². The molecule has 0 saturated carbocycles. The Kier molecular flexibility index (Phi) is 8.62. The van der Waals surface area contributed by atoms with E-state index in [1.165, 1.54) is 69.9 Å². The summed E-state index contributed by atoms with van der Waals surface area (Å²) in [6.07, 6.45) is -3.66. The predicted octanol–water partition coefficient (Wildman–Crippen LogP) is 5.02. The molecule has 0 radical (unpaired) electrons. The zero-order valence-electron chi connectivity index (χ0n) is 20.0. The van der Waals surface area contributed by atoms with Gasteiger partial charge in [0.15, 0.2) is 17.2 Å². The molecule has 3 aromatic carbocycles. The van der Waals surface area contributed by atoms with E-state index in [0.717, 1.165) is 6.07 Å². The molecule has 0 aliphatic heterocycles. The Hall–Kier alpha value is -4.67. The Morgan fingerprint density at radius 2 is 1.41 bits per heavy atom. The molecule has 2 N–H and O–H groups in total. The molecule has 0 bridgehead atoms. The first kappa shape index (κ1) is 26.9. The molecule has 2 amide bonds. The SMILES string of the molecule is COc1cc(C=C(NC(=O)c2ccccc2)C(=O)Nc2ccccc2OC(F)(F)F)cc(OC)c1OC. The van der Waals surface area contributed by atoms with E-state index in [1.807, 2.05) is 0 Å². The smallest absolute Gasteiger partial charge is 0.493 e. The molecule has 194 valence electrons. The van der Waals surface area contributed by atoms with Gasteiger partial charge in [-0.15, -0.1) is 13.2 Å². The number of halogens is 3. The van der Waals surface area contributed by atoms with Crippen LogP contribution in [-0.4, -0.2) is 39.5 Å². The second-order valence-corrected chi connectivity index (χ2v) is 7.33. The summed E-state index contributed by atoms with van der Waals surface area (Å²) in [4.78, 5) is 26.0. The normalized spacial score (nSPS) is 11.4. The van der Waals surface area contributed by atoms with Gasteiger partial charge in [0.25, 0.3) is 11.8 Å². The number of hydrogen-bond acceptors (Lipinski definition) is 6. The van der Waals surface area contributed by atoms with Gasteiger partial charge in [0.05, 0.1) is 27.0 Å². The van der Waals surface area contributed by atoms with Crippen LogP contribution in [0.15, 0.2) is 72.4 Å². The molecule has 0 aliphatic rings. The molecule has 0 heterocycles. The molecule has 37 heavy (non-hydrogen) atoms. The highest BCUT2D eigenvalue weighted by Crippen LogP contribution is 2.38. The van der Waals surface area contributed by atoms with Crippen molar-refractivity contribution >= 4 is 23.6 Å². The third-order valence-corrected chi connectivity index (χ3v) is 4.89. The third kappa shape index (κ3) is 7.17. The van der Waals surface area contributed by atoms with Crippen LogP contribution < -0.4 is 29.6 Å². The average Bonchev–Trinajstić information content (AvgIpc) is 2.88. The van der Waals surface area contributed by atoms with Crippen LogP contribution in [0, 0.1) is 0 Å². The number of para-hydroxylation sites is 2. The van der Waals surface area contributed by atoms with Gasteiger partial charge < -0.3 is 29.6 Å². The van der Waals surface area contributed by atoms with Crippen molar-refractivity contribution in [1.82, 2.24) is 5.32 Å². The van der Waals surface area contributed by atoms with Gasteiger partial charge in [0.1, 0.15) is 5.70 Å². The van der Waals surface area contributed by atoms with Crippen molar-refractivity contribution in [2.45, 2.75) is 6.36 Å². The van der Waals surface area contributed by atoms with E-state index in [9.17, 15) is 22.8 Å². The van der Waals surface area contributed by atoms with Gasteiger partial charge in [-0.3, -0.25) is 9.59 Å². The Morgan fingerprint density at radius 1 is 0.811 bits per heavy atom. The van der Waals surface area contributed by atoms with Gasteiger partial charge in [0, 0.05) is 5.56 Å². The molecule has 3 rings (SSSR count). The second kappa shape index (κ2) is 11.8. The first-order chi connectivity index (χ1) is 17.6. The number of alkyl halides is 3. The molecule has 0 atom stereocenters. The number of nitrogens with one attached hydrogen (secondary N) is 2. The summed E-state index contributed by atoms with van der Waals surface area (Å²) in [5.41, 5.74) is 0.0965. The van der Waals surface area contributed by atoms with Gasteiger partial charge in [0.2, 0.25) is 5.75 Å². The van der Waals surface area contributed by atoms with E-state index in [0.29, 0.717) is 11.3 Å². The molecule has 0 aliphatic carbocycles. The topological polar surface area (TPSA) is 95.1 Å². The lowest BCUT2D eigenvalue weighted by Gasteiger charge is -2.16. The molecular formula is C26H23F3N2O6. The molecule has 3 aromatic rings. The van der Waals surface area contributed by atoms with Crippen LogP contribution in [0.2, 0.25) is 0 Å². The summed E-state index contributed by atoms with van der Waals surface area (Å²) >= 11 is 0. The third-order valence-electron chi connectivity index (χ3n) is 4.89. The van der Waals surface area contributed by atoms with Crippen molar-refractivity contribution < 1.29 is 41.7 Å². The number of ether oxygens (including phenoxy) is 4. The highest BCUT2D eigenvalue weighted by atomic mass is 19.4. The molecule has 0 spiro atoms. The zero-order valence-corrected chi connectivity index (χ0v) is 20.0. The molecule has 0 aromatic heterocycles. The lowest BCUT2D eigenvalue weighted by molar-refractivity contribution is -0.274. The number of carbonyl (C=O) groups excluding carboxylic acids is 2. The van der Waals surface area contributed by atoms with Crippen molar-refractivity contribution in [2.75, 3.05) is 26.6 Å². The van der Waals surface area contributed by atoms with Gasteiger partial charge in [-0.2, -0.15) is 0 Å². The number of amides is 2. The van der Waals surface area contributed by atoms with Crippen LogP contribution in [0.1, 0.15) is 15.9 Å². The maximum absolute atomic E-state index is 13.2. The minimum absolute atomic E-state index is 0.255. The van der Waals surface area contributed by atoms with Crippen LogP contribution in [-0.2, 0) is 4.79 Å². The molecule has 0 saturated heterocycles. The quantitative estimate of drug-likeness (QED) is 0.388. The van der Waals surface area contributed by atoms with Crippen molar-refractivity contribution in [3.05, 3.63) is 83.6 Å². The van der Waals surface area contributed by atoms with Crippen molar-refractivity contribution in [1.29, 1.82) is 0 Å². The van der Waals surface area contributed by atoms with Crippen LogP contribution in [0.5, 0.6) is 23.0 Å². The zero-order chi connectivity index (χ0) is 27.0. The molecule has 11 heteroatoms. The predicted molar refractivity (Wildman–Crippen MR) is 130 cm³/mol. The lowest BCUT2D eigenvalue weighted by Crippen LogP contribution is -2.31. The lowest BCUT2D eigenvalue weighted by atomic mass is 10.1. The number of rotatable bonds is 9.